The van der Waals surface area contributed by atoms with E-state index in [4.69, 9.17) is 21.6 Å². The zero-order chi connectivity index (χ0) is 15.4. The van der Waals surface area contributed by atoms with Crippen LogP contribution in [0.25, 0.3) is 0 Å². The van der Waals surface area contributed by atoms with Crippen LogP contribution in [0, 0.1) is 25.0 Å². The maximum atomic E-state index is 11.1. The van der Waals surface area contributed by atoms with Crippen LogP contribution in [-0.2, 0) is 6.61 Å². The van der Waals surface area contributed by atoms with E-state index in [1.54, 1.807) is 12.1 Å². The lowest BCUT2D eigenvalue weighted by atomic mass is 10.2. The van der Waals surface area contributed by atoms with E-state index in [0.717, 1.165) is 5.56 Å². The predicted molar refractivity (Wildman–Crippen MR) is 84.1 cm³/mol. The lowest BCUT2D eigenvalue weighted by Crippen LogP contribution is -2.02. The van der Waals surface area contributed by atoms with E-state index in [9.17, 15) is 10.1 Å². The summed E-state index contributed by atoms with van der Waals surface area (Å²) in [6.07, 6.45) is 1.53. The van der Waals surface area contributed by atoms with Gasteiger partial charge in [-0.25, -0.2) is 4.98 Å². The largest absolute Gasteiger partial charge is 0.481 e. The van der Waals surface area contributed by atoms with Crippen molar-refractivity contribution in [3.63, 3.8) is 0 Å². The van der Waals surface area contributed by atoms with Gasteiger partial charge in [0.05, 0.1) is 20.1 Å². The summed E-state index contributed by atoms with van der Waals surface area (Å²) in [6, 6.07) is 7.92. The summed E-state index contributed by atoms with van der Waals surface area (Å²) in [4.78, 5) is 14.4. The van der Waals surface area contributed by atoms with Crippen LogP contribution >= 0.6 is 34.2 Å². The Hall–Kier alpha value is -1.92. The molecule has 0 bridgehead atoms. The Morgan fingerprint density at radius 1 is 1.48 bits per heavy atom. The molecule has 0 aliphatic carbocycles. The molecule has 2 rings (SSSR count). The molecule has 106 valence electrons. The van der Waals surface area contributed by atoms with E-state index in [2.05, 4.69) is 4.98 Å². The summed E-state index contributed by atoms with van der Waals surface area (Å²) in [7, 11) is 0. The molecule has 0 N–H and O–H groups in total. The van der Waals surface area contributed by atoms with Crippen molar-refractivity contribution < 1.29 is 9.66 Å². The molecule has 0 saturated carbocycles. The van der Waals surface area contributed by atoms with Gasteiger partial charge >= 0.3 is 5.69 Å². The van der Waals surface area contributed by atoms with E-state index < -0.39 is 4.92 Å². The van der Waals surface area contributed by atoms with Gasteiger partial charge in [0.1, 0.15) is 11.8 Å². The number of rotatable bonds is 4. The minimum Gasteiger partial charge on any atom is -0.481 e. The van der Waals surface area contributed by atoms with Crippen LogP contribution in [0.15, 0.2) is 30.5 Å². The van der Waals surface area contributed by atoms with Crippen molar-refractivity contribution in [2.24, 2.45) is 0 Å². The first-order chi connectivity index (χ1) is 10.0. The Labute approximate surface area is 138 Å². The van der Waals surface area contributed by atoms with Gasteiger partial charge in [0.2, 0.25) is 5.75 Å². The summed E-state index contributed by atoms with van der Waals surface area (Å²) < 4.78 is 6.02. The molecule has 1 aromatic heterocycles. The first-order valence-corrected chi connectivity index (χ1v) is 7.08. The summed E-state index contributed by atoms with van der Waals surface area (Å²) in [6.45, 7) is 0.116. The van der Waals surface area contributed by atoms with Crippen molar-refractivity contribution in [1.82, 2.24) is 4.98 Å². The summed E-state index contributed by atoms with van der Waals surface area (Å²) >= 11 is 7.67. The van der Waals surface area contributed by atoms with E-state index in [1.807, 2.05) is 28.7 Å². The average Bonchev–Trinajstić information content (AvgIpc) is 2.45. The van der Waals surface area contributed by atoms with Crippen LogP contribution in [0.2, 0.25) is 5.15 Å². The quantitative estimate of drug-likeness (QED) is 0.329. The molecule has 2 aromatic rings. The molecule has 0 aliphatic rings. The molecule has 8 heteroatoms. The van der Waals surface area contributed by atoms with Crippen molar-refractivity contribution in [2.45, 2.75) is 6.61 Å². The first-order valence-electron chi connectivity index (χ1n) is 5.62. The predicted octanol–water partition coefficient (Wildman–Crippen LogP) is 3.70. The Kier molecular flexibility index (Phi) is 4.93. The van der Waals surface area contributed by atoms with Crippen LogP contribution in [0.1, 0.15) is 11.1 Å². The molecule has 0 radical (unpaired) electrons. The topological polar surface area (TPSA) is 89.0 Å². The van der Waals surface area contributed by atoms with Crippen LogP contribution < -0.4 is 4.74 Å². The minimum absolute atomic E-state index is 0.116. The van der Waals surface area contributed by atoms with E-state index in [0.29, 0.717) is 8.72 Å². The number of ether oxygens (including phenoxy) is 1. The van der Waals surface area contributed by atoms with Crippen LogP contribution in [-0.4, -0.2) is 9.91 Å². The minimum atomic E-state index is -0.572. The molecular formula is C13H7ClIN3O3. The Morgan fingerprint density at radius 3 is 2.86 bits per heavy atom. The monoisotopic (exact) mass is 415 g/mol. The van der Waals surface area contributed by atoms with Crippen molar-refractivity contribution in [3.05, 3.63) is 60.4 Å². The van der Waals surface area contributed by atoms with Gasteiger partial charge < -0.3 is 4.74 Å². The molecule has 0 unspecified atom stereocenters. The summed E-state index contributed by atoms with van der Waals surface area (Å²) in [5.41, 5.74) is 0.716. The molecule has 0 amide bonds. The van der Waals surface area contributed by atoms with E-state index >= 15 is 0 Å². The highest BCUT2D eigenvalue weighted by molar-refractivity contribution is 14.1. The van der Waals surface area contributed by atoms with Crippen molar-refractivity contribution in [2.75, 3.05) is 0 Å². The maximum absolute atomic E-state index is 11.1. The third-order valence-electron chi connectivity index (χ3n) is 2.52. The molecule has 0 saturated heterocycles. The van der Waals surface area contributed by atoms with Crippen molar-refractivity contribution >= 4 is 39.9 Å². The molecule has 21 heavy (non-hydrogen) atoms. The first kappa shape index (κ1) is 15.5. The number of benzene rings is 1. The zero-order valence-corrected chi connectivity index (χ0v) is 13.3. The van der Waals surface area contributed by atoms with Crippen LogP contribution in [0.4, 0.5) is 5.69 Å². The van der Waals surface area contributed by atoms with Crippen molar-refractivity contribution in [3.8, 4) is 11.8 Å². The van der Waals surface area contributed by atoms with Gasteiger partial charge in [0, 0.05) is 12.3 Å². The number of nitrogens with zero attached hydrogens (tertiary/aromatic N) is 3. The number of halogens is 2. The number of hydrogen-bond acceptors (Lipinski definition) is 5. The fourth-order valence-corrected chi connectivity index (χ4v) is 2.57. The van der Waals surface area contributed by atoms with Gasteiger partial charge in [-0.15, -0.1) is 0 Å². The van der Waals surface area contributed by atoms with Crippen molar-refractivity contribution in [1.29, 1.82) is 5.26 Å². The lowest BCUT2D eigenvalue weighted by Gasteiger charge is -2.09. The van der Waals surface area contributed by atoms with Gasteiger partial charge in [-0.3, -0.25) is 10.1 Å². The van der Waals surface area contributed by atoms with Gasteiger partial charge in [0.25, 0.3) is 0 Å². The fourth-order valence-electron chi connectivity index (χ4n) is 1.61. The summed E-state index contributed by atoms with van der Waals surface area (Å²) in [5, 5.41) is 20.3. The van der Waals surface area contributed by atoms with Gasteiger partial charge in [-0.2, -0.15) is 5.26 Å². The zero-order valence-electron chi connectivity index (χ0n) is 10.4. The molecule has 0 spiro atoms. The molecule has 0 fully saturated rings. The number of nitro benzene ring substituents is 1. The second kappa shape index (κ2) is 6.69. The molecule has 0 aliphatic heterocycles. The highest BCUT2D eigenvalue weighted by atomic mass is 127. The third-order valence-corrected chi connectivity index (χ3v) is 3.53. The number of aromatic nitrogens is 1. The fraction of sp³-hybridized carbons (Fsp3) is 0.0769. The van der Waals surface area contributed by atoms with Crippen LogP contribution in [0.5, 0.6) is 5.75 Å². The normalized spacial score (nSPS) is 9.95. The smallest absolute Gasteiger partial charge is 0.313 e. The second-order valence-corrected chi connectivity index (χ2v) is 5.50. The Balaban J connectivity index is 2.31. The highest BCUT2D eigenvalue weighted by Crippen LogP contribution is 2.34. The number of nitro groups is 1. The molecular weight excluding hydrogens is 409 g/mol. The van der Waals surface area contributed by atoms with Gasteiger partial charge in [-0.1, -0.05) is 11.6 Å². The molecule has 0 atom stereocenters. The highest BCUT2D eigenvalue weighted by Gasteiger charge is 2.20. The SMILES string of the molecule is N#Cc1cc(I)c(OCc2ccnc(Cl)c2)c([N+](=O)[O-])c1. The van der Waals surface area contributed by atoms with Gasteiger partial charge in [-0.05, 0) is 46.4 Å². The standard InChI is InChI=1S/C13H7ClIN3O3/c14-12-5-8(1-2-17-12)7-21-13-10(15)3-9(6-16)4-11(13)18(19)20/h1-5H,7H2. The Morgan fingerprint density at radius 2 is 2.24 bits per heavy atom. The number of nitriles is 1. The second-order valence-electron chi connectivity index (χ2n) is 3.95. The van der Waals surface area contributed by atoms with Gasteiger partial charge in [0.15, 0.2) is 0 Å². The third kappa shape index (κ3) is 3.80. The summed E-state index contributed by atoms with van der Waals surface area (Å²) in [5.74, 6) is 0.132. The van der Waals surface area contributed by atoms with E-state index in [1.165, 1.54) is 18.3 Å². The number of hydrogen-bond donors (Lipinski definition) is 0. The average molecular weight is 416 g/mol. The molecule has 1 aromatic carbocycles. The van der Waals surface area contributed by atoms with Crippen LogP contribution in [0.3, 0.4) is 0 Å². The Bertz CT molecular complexity index is 746. The molecule has 1 heterocycles. The van der Waals surface area contributed by atoms with E-state index in [-0.39, 0.29) is 23.6 Å². The molecule has 6 nitrogen and oxygen atoms in total. The maximum Gasteiger partial charge on any atom is 0.313 e. The number of pyridine rings is 1. The lowest BCUT2D eigenvalue weighted by molar-refractivity contribution is -0.386.